The Balaban J connectivity index is 1.41. The Morgan fingerprint density at radius 3 is 2.81 bits per heavy atom. The first-order valence-electron chi connectivity index (χ1n) is 10.5. The van der Waals surface area contributed by atoms with Crippen LogP contribution in [0.5, 0.6) is 0 Å². The average Bonchev–Trinajstić information content (AvgIpc) is 3.42. The number of nitrogens with zero attached hydrogens (tertiary/aromatic N) is 3. The summed E-state index contributed by atoms with van der Waals surface area (Å²) in [7, 11) is 0. The maximum absolute atomic E-state index is 15.2. The van der Waals surface area contributed by atoms with Crippen molar-refractivity contribution >= 4 is 5.91 Å². The lowest BCUT2D eigenvalue weighted by Gasteiger charge is -2.34. The van der Waals surface area contributed by atoms with Crippen molar-refractivity contribution in [2.75, 3.05) is 13.2 Å². The van der Waals surface area contributed by atoms with Crippen molar-refractivity contribution in [3.8, 4) is 5.69 Å². The van der Waals surface area contributed by atoms with Crippen LogP contribution in [0, 0.1) is 12.7 Å². The molecule has 3 aromatic rings. The molecule has 2 unspecified atom stereocenters. The molecule has 31 heavy (non-hydrogen) atoms. The minimum absolute atomic E-state index is 0.171. The highest BCUT2D eigenvalue weighted by atomic mass is 19.1. The Labute approximate surface area is 179 Å². The van der Waals surface area contributed by atoms with Crippen molar-refractivity contribution in [1.29, 1.82) is 0 Å². The first kappa shape index (κ1) is 19.9. The van der Waals surface area contributed by atoms with Crippen LogP contribution in [0.2, 0.25) is 0 Å². The number of carbonyl (C=O) groups excluding carboxylic acids is 1. The summed E-state index contributed by atoms with van der Waals surface area (Å²) in [4.78, 5) is 14.6. The number of amides is 1. The zero-order valence-corrected chi connectivity index (χ0v) is 17.3. The van der Waals surface area contributed by atoms with Crippen molar-refractivity contribution in [1.82, 2.24) is 14.7 Å². The lowest BCUT2D eigenvalue weighted by atomic mass is 9.95. The largest absolute Gasteiger partial charge is 0.391 e. The zero-order valence-electron chi connectivity index (χ0n) is 17.3. The van der Waals surface area contributed by atoms with Gasteiger partial charge in [-0.1, -0.05) is 12.1 Å². The molecule has 5 rings (SSSR count). The number of benzene rings is 2. The quantitative estimate of drug-likeness (QED) is 0.703. The predicted molar refractivity (Wildman–Crippen MR) is 113 cm³/mol. The van der Waals surface area contributed by atoms with Gasteiger partial charge in [0.15, 0.2) is 0 Å². The maximum atomic E-state index is 15.2. The minimum Gasteiger partial charge on any atom is -0.391 e. The smallest absolute Gasteiger partial charge is 0.255 e. The zero-order chi connectivity index (χ0) is 21.5. The molecule has 0 radical (unpaired) electrons. The van der Waals surface area contributed by atoms with Crippen LogP contribution in [-0.4, -0.2) is 51.1 Å². The second kappa shape index (κ2) is 7.90. The molecule has 0 saturated carbocycles. The van der Waals surface area contributed by atoms with Crippen LogP contribution in [0.4, 0.5) is 4.39 Å². The van der Waals surface area contributed by atoms with E-state index in [-0.39, 0.29) is 24.9 Å². The molecule has 3 heterocycles. The Morgan fingerprint density at radius 2 is 2.10 bits per heavy atom. The lowest BCUT2D eigenvalue weighted by molar-refractivity contribution is -0.0529. The highest BCUT2D eigenvalue weighted by Crippen LogP contribution is 2.33. The van der Waals surface area contributed by atoms with E-state index >= 15 is 4.39 Å². The summed E-state index contributed by atoms with van der Waals surface area (Å²) in [5, 5.41) is 14.5. The summed E-state index contributed by atoms with van der Waals surface area (Å²) in [6.07, 6.45) is 3.96. The van der Waals surface area contributed by atoms with Crippen molar-refractivity contribution in [2.45, 2.75) is 38.5 Å². The fourth-order valence-corrected chi connectivity index (χ4v) is 4.47. The van der Waals surface area contributed by atoms with E-state index in [1.807, 2.05) is 42.6 Å². The van der Waals surface area contributed by atoms with Crippen LogP contribution in [0.1, 0.15) is 39.0 Å². The fraction of sp³-hybridized carbons (Fsp3) is 0.333. The summed E-state index contributed by atoms with van der Waals surface area (Å²) in [5.74, 6) is -0.568. The second-order valence-electron chi connectivity index (χ2n) is 8.23. The van der Waals surface area contributed by atoms with E-state index in [1.165, 1.54) is 0 Å². The molecule has 1 aromatic heterocycles. The van der Waals surface area contributed by atoms with E-state index in [1.54, 1.807) is 22.7 Å². The molecule has 0 spiro atoms. The number of rotatable bonds is 4. The van der Waals surface area contributed by atoms with E-state index in [0.29, 0.717) is 36.1 Å². The number of ether oxygens (including phenoxy) is 1. The Kier molecular flexibility index (Phi) is 5.08. The molecule has 160 valence electrons. The van der Waals surface area contributed by atoms with Gasteiger partial charge in [-0.25, -0.2) is 9.07 Å². The van der Waals surface area contributed by atoms with Gasteiger partial charge in [-0.3, -0.25) is 4.79 Å². The molecule has 2 aromatic carbocycles. The fourth-order valence-electron chi connectivity index (χ4n) is 4.47. The number of aliphatic hydroxyl groups excluding tert-OH is 1. The monoisotopic (exact) mass is 421 g/mol. The van der Waals surface area contributed by atoms with Crippen LogP contribution in [0.15, 0.2) is 48.8 Å². The lowest BCUT2D eigenvalue weighted by Crippen LogP contribution is -2.49. The molecule has 2 atom stereocenters. The second-order valence-corrected chi connectivity index (χ2v) is 8.23. The molecular weight excluding hydrogens is 397 g/mol. The number of aromatic nitrogens is 2. The van der Waals surface area contributed by atoms with Crippen LogP contribution in [0.3, 0.4) is 0 Å². The molecule has 1 saturated heterocycles. The van der Waals surface area contributed by atoms with Gasteiger partial charge < -0.3 is 14.7 Å². The van der Waals surface area contributed by atoms with Gasteiger partial charge >= 0.3 is 0 Å². The van der Waals surface area contributed by atoms with E-state index in [4.69, 9.17) is 4.74 Å². The molecule has 1 fully saturated rings. The molecule has 0 aliphatic carbocycles. The first-order chi connectivity index (χ1) is 15.0. The molecule has 2 aliphatic heterocycles. The van der Waals surface area contributed by atoms with Gasteiger partial charge in [0.2, 0.25) is 0 Å². The van der Waals surface area contributed by atoms with E-state index < -0.39 is 12.1 Å². The summed E-state index contributed by atoms with van der Waals surface area (Å²) >= 11 is 0. The average molecular weight is 421 g/mol. The number of halogens is 1. The van der Waals surface area contributed by atoms with E-state index in [9.17, 15) is 9.90 Å². The molecular formula is C24H24FN3O3. The molecule has 0 bridgehead atoms. The van der Waals surface area contributed by atoms with Gasteiger partial charge in [-0.05, 0) is 60.7 Å². The molecule has 1 amide bonds. The molecule has 7 heteroatoms. The predicted octanol–water partition coefficient (Wildman–Crippen LogP) is 3.02. The van der Waals surface area contributed by atoms with Crippen LogP contribution < -0.4 is 0 Å². The van der Waals surface area contributed by atoms with Gasteiger partial charge in [0.1, 0.15) is 5.82 Å². The van der Waals surface area contributed by atoms with Crippen LogP contribution >= 0.6 is 0 Å². The van der Waals surface area contributed by atoms with Gasteiger partial charge in [0.25, 0.3) is 5.91 Å². The van der Waals surface area contributed by atoms with Gasteiger partial charge in [0, 0.05) is 30.1 Å². The third kappa shape index (κ3) is 3.54. The van der Waals surface area contributed by atoms with Gasteiger partial charge in [-0.15, -0.1) is 0 Å². The SMILES string of the molecule is Cc1c(Cc2ccc(-n3cccn3)cc2)cc2c(c1F)CN(C1COCCC1O)C2=O. The molecule has 1 N–H and O–H groups in total. The Hall–Kier alpha value is -3.03. The highest BCUT2D eigenvalue weighted by Gasteiger charge is 2.39. The van der Waals surface area contributed by atoms with Crippen molar-refractivity contribution < 1.29 is 19.0 Å². The summed E-state index contributed by atoms with van der Waals surface area (Å²) in [5.41, 5.74) is 4.13. The molecule has 6 nitrogen and oxygen atoms in total. The molecule has 2 aliphatic rings. The standard InChI is InChI=1S/C24H24FN3O3/c1-15-17(11-16-3-5-18(6-4-16)28-9-2-8-26-28)12-19-20(23(15)25)13-27(24(19)30)21-14-31-10-7-22(21)29/h2-6,8-9,12,21-22,29H,7,10-11,13-14H2,1H3. The van der Waals surface area contributed by atoms with Gasteiger partial charge in [0.05, 0.1) is 31.0 Å². The number of hydrogen-bond acceptors (Lipinski definition) is 4. The minimum atomic E-state index is -0.649. The number of hydrogen-bond donors (Lipinski definition) is 1. The van der Waals surface area contributed by atoms with Crippen LogP contribution in [0.25, 0.3) is 5.69 Å². The van der Waals surface area contributed by atoms with Crippen LogP contribution in [-0.2, 0) is 17.7 Å². The van der Waals surface area contributed by atoms with Gasteiger partial charge in [-0.2, -0.15) is 5.10 Å². The summed E-state index contributed by atoms with van der Waals surface area (Å²) in [6, 6.07) is 11.2. The third-order valence-electron chi connectivity index (χ3n) is 6.33. The number of carbonyl (C=O) groups is 1. The first-order valence-corrected chi connectivity index (χ1v) is 10.5. The number of fused-ring (bicyclic) bond motifs is 1. The highest BCUT2D eigenvalue weighted by molar-refractivity contribution is 5.99. The Morgan fingerprint density at radius 1 is 1.29 bits per heavy atom. The maximum Gasteiger partial charge on any atom is 0.255 e. The normalized spacial score (nSPS) is 20.9. The van der Waals surface area contributed by atoms with Crippen molar-refractivity contribution in [3.63, 3.8) is 0 Å². The van der Waals surface area contributed by atoms with Crippen molar-refractivity contribution in [2.24, 2.45) is 0 Å². The van der Waals surface area contributed by atoms with E-state index in [2.05, 4.69) is 5.10 Å². The summed E-state index contributed by atoms with van der Waals surface area (Å²) in [6.45, 7) is 2.68. The topological polar surface area (TPSA) is 67.6 Å². The Bertz CT molecular complexity index is 1110. The number of aliphatic hydroxyl groups is 1. The third-order valence-corrected chi connectivity index (χ3v) is 6.33. The van der Waals surface area contributed by atoms with E-state index in [0.717, 1.165) is 16.8 Å². The van der Waals surface area contributed by atoms with Crippen molar-refractivity contribution in [3.05, 3.63) is 82.4 Å². The summed E-state index contributed by atoms with van der Waals surface area (Å²) < 4.78 is 22.5.